The number of carbonyl (C=O) groups excluding carboxylic acids is 1. The number of pyridine rings is 1. The van der Waals surface area contributed by atoms with Crippen LogP contribution in [-0.2, 0) is 11.2 Å². The van der Waals surface area contributed by atoms with Gasteiger partial charge in [-0.05, 0) is 23.8 Å². The summed E-state index contributed by atoms with van der Waals surface area (Å²) >= 11 is 0. The minimum Gasteiger partial charge on any atom is -0.478 e. The van der Waals surface area contributed by atoms with Gasteiger partial charge in [-0.25, -0.2) is 9.18 Å². The number of aromatic nitrogens is 1. The highest BCUT2D eigenvalue weighted by Crippen LogP contribution is 2.10. The summed E-state index contributed by atoms with van der Waals surface area (Å²) in [6, 6.07) is 7.02. The molecule has 0 aliphatic carbocycles. The average Bonchev–Trinajstić information content (AvgIpc) is 2.38. The number of anilines is 1. The molecule has 0 radical (unpaired) electrons. The molecule has 0 saturated heterocycles. The number of nitrogens with one attached hydrogen (secondary N) is 1. The molecule has 5 nitrogen and oxygen atoms in total. The Balaban J connectivity index is 2.04. The van der Waals surface area contributed by atoms with Crippen LogP contribution in [0.2, 0.25) is 0 Å². The summed E-state index contributed by atoms with van der Waals surface area (Å²) in [4.78, 5) is 26.3. The number of carboxylic acids is 1. The monoisotopic (exact) mass is 274 g/mol. The van der Waals surface area contributed by atoms with Crippen LogP contribution >= 0.6 is 0 Å². The maximum absolute atomic E-state index is 13.0. The van der Waals surface area contributed by atoms with E-state index in [0.717, 1.165) is 0 Å². The lowest BCUT2D eigenvalue weighted by Gasteiger charge is -2.05. The van der Waals surface area contributed by atoms with Gasteiger partial charge in [-0.3, -0.25) is 9.78 Å². The Labute approximate surface area is 114 Å². The molecule has 20 heavy (non-hydrogen) atoms. The highest BCUT2D eigenvalue weighted by Gasteiger charge is 2.08. The second kappa shape index (κ2) is 5.92. The molecule has 0 aliphatic rings. The van der Waals surface area contributed by atoms with Gasteiger partial charge in [-0.15, -0.1) is 0 Å². The SMILES string of the molecule is O=C(Cc1cccc(F)c1)Nc1cncc(C(=O)O)c1. The topological polar surface area (TPSA) is 79.3 Å². The number of carbonyl (C=O) groups is 2. The molecule has 0 spiro atoms. The van der Waals surface area contributed by atoms with E-state index in [-0.39, 0.29) is 23.6 Å². The first kappa shape index (κ1) is 13.7. The molecule has 0 bridgehead atoms. The van der Waals surface area contributed by atoms with Crippen molar-refractivity contribution in [3.05, 3.63) is 59.7 Å². The van der Waals surface area contributed by atoms with Gasteiger partial charge in [0.1, 0.15) is 5.82 Å². The zero-order valence-corrected chi connectivity index (χ0v) is 10.3. The molecule has 1 aromatic carbocycles. The van der Waals surface area contributed by atoms with Crippen LogP contribution in [0.15, 0.2) is 42.7 Å². The zero-order chi connectivity index (χ0) is 14.5. The maximum atomic E-state index is 13.0. The van der Waals surface area contributed by atoms with Crippen molar-refractivity contribution >= 4 is 17.6 Å². The summed E-state index contributed by atoms with van der Waals surface area (Å²) in [5.74, 6) is -1.91. The highest BCUT2D eigenvalue weighted by molar-refractivity contribution is 5.94. The molecule has 0 unspecified atom stereocenters. The Morgan fingerprint density at radius 3 is 2.75 bits per heavy atom. The third kappa shape index (κ3) is 3.61. The van der Waals surface area contributed by atoms with E-state index in [0.29, 0.717) is 5.56 Å². The summed E-state index contributed by atoms with van der Waals surface area (Å²) in [6.45, 7) is 0. The van der Waals surface area contributed by atoms with Crippen molar-refractivity contribution in [2.24, 2.45) is 0 Å². The van der Waals surface area contributed by atoms with Crippen LogP contribution in [0.4, 0.5) is 10.1 Å². The highest BCUT2D eigenvalue weighted by atomic mass is 19.1. The van der Waals surface area contributed by atoms with E-state index in [1.165, 1.54) is 36.7 Å². The summed E-state index contributed by atoms with van der Waals surface area (Å²) in [7, 11) is 0. The lowest BCUT2D eigenvalue weighted by atomic mass is 10.1. The lowest BCUT2D eigenvalue weighted by molar-refractivity contribution is -0.115. The summed E-state index contributed by atoms with van der Waals surface area (Å²) in [6.07, 6.45) is 2.52. The molecule has 2 aromatic rings. The minimum absolute atomic E-state index is 0.00490. The smallest absolute Gasteiger partial charge is 0.337 e. The number of amides is 1. The quantitative estimate of drug-likeness (QED) is 0.894. The molecule has 0 fully saturated rings. The Bertz CT molecular complexity index is 658. The van der Waals surface area contributed by atoms with Gasteiger partial charge in [0.2, 0.25) is 5.91 Å². The lowest BCUT2D eigenvalue weighted by Crippen LogP contribution is -2.15. The predicted molar refractivity (Wildman–Crippen MR) is 69.9 cm³/mol. The molecule has 0 aliphatic heterocycles. The predicted octanol–water partition coefficient (Wildman–Crippen LogP) is 2.10. The number of halogens is 1. The van der Waals surface area contributed by atoms with Crippen molar-refractivity contribution in [2.45, 2.75) is 6.42 Å². The van der Waals surface area contributed by atoms with E-state index in [1.54, 1.807) is 6.07 Å². The first-order chi connectivity index (χ1) is 9.54. The van der Waals surface area contributed by atoms with Crippen molar-refractivity contribution in [2.75, 3.05) is 5.32 Å². The number of hydrogen-bond acceptors (Lipinski definition) is 3. The van der Waals surface area contributed by atoms with Crippen molar-refractivity contribution < 1.29 is 19.1 Å². The van der Waals surface area contributed by atoms with E-state index >= 15 is 0 Å². The molecule has 0 atom stereocenters. The normalized spacial score (nSPS) is 10.1. The molecular weight excluding hydrogens is 263 g/mol. The van der Waals surface area contributed by atoms with E-state index in [4.69, 9.17) is 5.11 Å². The van der Waals surface area contributed by atoms with Gasteiger partial charge in [0.15, 0.2) is 0 Å². The Hall–Kier alpha value is -2.76. The number of rotatable bonds is 4. The van der Waals surface area contributed by atoms with Crippen LogP contribution in [0.25, 0.3) is 0 Å². The van der Waals surface area contributed by atoms with Crippen molar-refractivity contribution in [1.82, 2.24) is 4.98 Å². The fourth-order valence-corrected chi connectivity index (χ4v) is 1.66. The molecular formula is C14H11FN2O3. The first-order valence-electron chi connectivity index (χ1n) is 5.77. The summed E-state index contributed by atoms with van der Waals surface area (Å²) < 4.78 is 13.0. The first-order valence-corrected chi connectivity index (χ1v) is 5.77. The molecule has 1 heterocycles. The fraction of sp³-hybridized carbons (Fsp3) is 0.0714. The molecule has 102 valence electrons. The maximum Gasteiger partial charge on any atom is 0.337 e. The Kier molecular flexibility index (Phi) is 4.05. The van der Waals surface area contributed by atoms with Gasteiger partial charge < -0.3 is 10.4 Å². The Morgan fingerprint density at radius 2 is 2.05 bits per heavy atom. The van der Waals surface area contributed by atoms with E-state index in [1.807, 2.05) is 0 Å². The number of carboxylic acid groups (broad SMARTS) is 1. The largest absolute Gasteiger partial charge is 0.478 e. The molecule has 6 heteroatoms. The van der Waals surface area contributed by atoms with Crippen molar-refractivity contribution in [3.63, 3.8) is 0 Å². The van der Waals surface area contributed by atoms with Crippen molar-refractivity contribution in [3.8, 4) is 0 Å². The fourth-order valence-electron chi connectivity index (χ4n) is 1.66. The van der Waals surface area contributed by atoms with Gasteiger partial charge in [0.25, 0.3) is 0 Å². The zero-order valence-electron chi connectivity index (χ0n) is 10.3. The molecule has 1 amide bonds. The second-order valence-corrected chi connectivity index (χ2v) is 4.12. The van der Waals surface area contributed by atoms with Crippen LogP contribution in [0.1, 0.15) is 15.9 Å². The number of hydrogen-bond donors (Lipinski definition) is 2. The van der Waals surface area contributed by atoms with Crippen LogP contribution in [-0.4, -0.2) is 22.0 Å². The van der Waals surface area contributed by atoms with Gasteiger partial charge in [-0.1, -0.05) is 12.1 Å². The third-order valence-electron chi connectivity index (χ3n) is 2.52. The third-order valence-corrected chi connectivity index (χ3v) is 2.52. The Morgan fingerprint density at radius 1 is 1.25 bits per heavy atom. The molecule has 0 saturated carbocycles. The van der Waals surface area contributed by atoms with Crippen LogP contribution in [0.3, 0.4) is 0 Å². The van der Waals surface area contributed by atoms with Gasteiger partial charge in [-0.2, -0.15) is 0 Å². The average molecular weight is 274 g/mol. The second-order valence-electron chi connectivity index (χ2n) is 4.12. The number of benzene rings is 1. The standard InChI is InChI=1S/C14H11FN2O3/c15-11-3-1-2-9(4-11)5-13(18)17-12-6-10(14(19)20)7-16-8-12/h1-4,6-8H,5H2,(H,17,18)(H,19,20). The van der Waals surface area contributed by atoms with Gasteiger partial charge in [0.05, 0.1) is 23.9 Å². The summed E-state index contributed by atoms with van der Waals surface area (Å²) in [5, 5.41) is 11.3. The van der Waals surface area contributed by atoms with Crippen molar-refractivity contribution in [1.29, 1.82) is 0 Å². The minimum atomic E-state index is -1.13. The van der Waals surface area contributed by atoms with Crippen LogP contribution < -0.4 is 5.32 Å². The van der Waals surface area contributed by atoms with E-state index in [9.17, 15) is 14.0 Å². The summed E-state index contributed by atoms with van der Waals surface area (Å²) in [5.41, 5.74) is 0.796. The van der Waals surface area contributed by atoms with E-state index in [2.05, 4.69) is 10.3 Å². The van der Waals surface area contributed by atoms with Gasteiger partial charge >= 0.3 is 5.97 Å². The number of aromatic carboxylic acids is 1. The molecule has 2 rings (SSSR count). The van der Waals surface area contributed by atoms with E-state index < -0.39 is 11.8 Å². The molecule has 2 N–H and O–H groups in total. The van der Waals surface area contributed by atoms with Crippen LogP contribution in [0, 0.1) is 5.82 Å². The van der Waals surface area contributed by atoms with Crippen LogP contribution in [0.5, 0.6) is 0 Å². The van der Waals surface area contributed by atoms with Gasteiger partial charge in [0, 0.05) is 6.20 Å². The number of nitrogens with zero attached hydrogens (tertiary/aromatic N) is 1. The molecule has 1 aromatic heterocycles.